The van der Waals surface area contributed by atoms with Gasteiger partial charge in [0.1, 0.15) is 23.5 Å². The molecule has 1 saturated heterocycles. The van der Waals surface area contributed by atoms with E-state index in [-0.39, 0.29) is 21.3 Å². The Kier molecular flexibility index (Phi) is 4.25. The molecule has 4 heterocycles. The van der Waals surface area contributed by atoms with Gasteiger partial charge in [0.05, 0.1) is 12.2 Å². The molecular weight excluding hydrogens is 402 g/mol. The lowest BCUT2D eigenvalue weighted by Crippen LogP contribution is -2.29. The van der Waals surface area contributed by atoms with Crippen LogP contribution in [-0.4, -0.2) is 39.4 Å². The molecule has 12 heteroatoms. The molecule has 3 aromatic rings. The fourth-order valence-corrected chi connectivity index (χ4v) is 4.07. The normalized spacial score (nSPS) is 18.1. The summed E-state index contributed by atoms with van der Waals surface area (Å²) in [6.07, 6.45) is 4.60. The number of hydrogen-bond acceptors (Lipinski definition) is 6. The number of fused-ring (bicyclic) bond motifs is 1. The number of pyridine rings is 2. The maximum absolute atomic E-state index is 13.5. The van der Waals surface area contributed by atoms with Crippen LogP contribution in [0.1, 0.15) is 24.4 Å². The highest BCUT2D eigenvalue weighted by molar-refractivity contribution is 7.90. The average Bonchev–Trinajstić information content (AvgIpc) is 3.27. The number of rotatable bonds is 3. The van der Waals surface area contributed by atoms with Gasteiger partial charge in [0.25, 0.3) is 0 Å². The average molecular weight is 415 g/mol. The highest BCUT2D eigenvalue weighted by Crippen LogP contribution is 2.36. The molecule has 1 atom stereocenters. The molecule has 1 unspecified atom stereocenters. The fourth-order valence-electron chi connectivity index (χ4n) is 3.31. The molecule has 0 N–H and O–H groups in total. The molecular formula is C16H13F4N5O2S. The van der Waals surface area contributed by atoms with Crippen LogP contribution in [0.3, 0.4) is 0 Å². The summed E-state index contributed by atoms with van der Waals surface area (Å²) in [4.78, 5) is 13.4. The van der Waals surface area contributed by atoms with Crippen molar-refractivity contribution in [1.29, 1.82) is 0 Å². The predicted molar refractivity (Wildman–Crippen MR) is 91.4 cm³/mol. The molecule has 0 aromatic carbocycles. The molecule has 1 fully saturated rings. The van der Waals surface area contributed by atoms with Crippen LogP contribution < -0.4 is 4.90 Å². The number of hydrogen-bond donors (Lipinski definition) is 0. The molecule has 0 amide bonds. The van der Waals surface area contributed by atoms with E-state index in [1.54, 1.807) is 11.0 Å². The lowest BCUT2D eigenvalue weighted by atomic mass is 10.1. The number of nitrogens with zero attached hydrogens (tertiary/aromatic N) is 5. The van der Waals surface area contributed by atoms with E-state index in [9.17, 15) is 26.0 Å². The summed E-state index contributed by atoms with van der Waals surface area (Å²) in [5.74, 6) is -0.222. The van der Waals surface area contributed by atoms with E-state index in [0.29, 0.717) is 24.9 Å². The first-order valence-electron chi connectivity index (χ1n) is 8.21. The maximum Gasteiger partial charge on any atom is 0.517 e. The highest BCUT2D eigenvalue weighted by atomic mass is 32.2. The van der Waals surface area contributed by atoms with Gasteiger partial charge in [-0.25, -0.2) is 18.3 Å². The minimum atomic E-state index is -5.66. The largest absolute Gasteiger partial charge is 0.517 e. The van der Waals surface area contributed by atoms with Crippen LogP contribution in [-0.2, 0) is 10.0 Å². The van der Waals surface area contributed by atoms with E-state index in [1.165, 1.54) is 18.3 Å². The number of imidazole rings is 1. The topological polar surface area (TPSA) is 81.0 Å². The smallest absolute Gasteiger partial charge is 0.349 e. The Hall–Kier alpha value is -2.76. The van der Waals surface area contributed by atoms with Crippen molar-refractivity contribution in [3.05, 3.63) is 48.3 Å². The van der Waals surface area contributed by atoms with Gasteiger partial charge in [0, 0.05) is 12.7 Å². The van der Waals surface area contributed by atoms with Crippen LogP contribution in [0, 0.1) is 5.82 Å². The number of anilines is 1. The van der Waals surface area contributed by atoms with Gasteiger partial charge in [-0.15, -0.1) is 0 Å². The molecule has 7 nitrogen and oxygen atoms in total. The summed E-state index contributed by atoms with van der Waals surface area (Å²) in [5.41, 5.74) is -5.28. The third-order valence-electron chi connectivity index (χ3n) is 4.56. The standard InChI is InChI=1S/C16H13F4N5O2S/c17-11-6-10(7-21-8-11)13-2-1-5-24(13)14-4-3-12-15(23-14)25(9-22-12)28(26,27)16(18,19)20/h3-4,6-9,13H,1-2,5H2. The van der Waals surface area contributed by atoms with Crippen molar-refractivity contribution < 1.29 is 26.0 Å². The molecule has 4 rings (SSSR count). The second kappa shape index (κ2) is 6.40. The molecule has 1 aliphatic heterocycles. The first-order valence-corrected chi connectivity index (χ1v) is 9.65. The lowest BCUT2D eigenvalue weighted by Gasteiger charge is -2.26. The van der Waals surface area contributed by atoms with Gasteiger partial charge in [-0.1, -0.05) is 0 Å². The summed E-state index contributed by atoms with van der Waals surface area (Å²) < 4.78 is 75.9. The molecule has 0 saturated carbocycles. The molecule has 0 bridgehead atoms. The van der Waals surface area contributed by atoms with E-state index in [4.69, 9.17) is 0 Å². The minimum absolute atomic E-state index is 0.0137. The maximum atomic E-state index is 13.5. The molecule has 0 radical (unpaired) electrons. The fraction of sp³-hybridized carbons (Fsp3) is 0.312. The second-order valence-corrected chi connectivity index (χ2v) is 8.10. The Morgan fingerprint density at radius 3 is 2.68 bits per heavy atom. The second-order valence-electron chi connectivity index (χ2n) is 6.29. The van der Waals surface area contributed by atoms with Gasteiger partial charge < -0.3 is 4.90 Å². The van der Waals surface area contributed by atoms with Crippen molar-refractivity contribution in [1.82, 2.24) is 18.9 Å². The third kappa shape index (κ3) is 2.97. The molecule has 148 valence electrons. The van der Waals surface area contributed by atoms with E-state index >= 15 is 0 Å². The van der Waals surface area contributed by atoms with Crippen LogP contribution in [0.5, 0.6) is 0 Å². The number of alkyl halides is 3. The Labute approximate surface area is 156 Å². The summed E-state index contributed by atoms with van der Waals surface area (Å²) in [5, 5.41) is 0. The van der Waals surface area contributed by atoms with E-state index in [2.05, 4.69) is 15.0 Å². The molecule has 0 spiro atoms. The lowest BCUT2D eigenvalue weighted by molar-refractivity contribution is -0.0445. The summed E-state index contributed by atoms with van der Waals surface area (Å²) in [6, 6.07) is 4.01. The van der Waals surface area contributed by atoms with Gasteiger partial charge in [0.15, 0.2) is 5.65 Å². The Morgan fingerprint density at radius 1 is 1.18 bits per heavy atom. The van der Waals surface area contributed by atoms with Crippen molar-refractivity contribution in [3.8, 4) is 0 Å². The van der Waals surface area contributed by atoms with Gasteiger partial charge in [-0.05, 0) is 36.6 Å². The Balaban J connectivity index is 1.79. The van der Waals surface area contributed by atoms with Crippen LogP contribution in [0.2, 0.25) is 0 Å². The zero-order valence-corrected chi connectivity index (χ0v) is 15.0. The van der Waals surface area contributed by atoms with Gasteiger partial charge >= 0.3 is 15.5 Å². The van der Waals surface area contributed by atoms with Crippen molar-refractivity contribution in [2.75, 3.05) is 11.4 Å². The molecule has 28 heavy (non-hydrogen) atoms. The molecule has 3 aromatic heterocycles. The Morgan fingerprint density at radius 2 is 1.96 bits per heavy atom. The van der Waals surface area contributed by atoms with Gasteiger partial charge in [-0.3, -0.25) is 4.98 Å². The van der Waals surface area contributed by atoms with E-state index < -0.39 is 27.0 Å². The number of halogens is 4. The quantitative estimate of drug-likeness (QED) is 0.612. The van der Waals surface area contributed by atoms with E-state index in [1.807, 2.05) is 0 Å². The van der Waals surface area contributed by atoms with Crippen molar-refractivity contribution in [3.63, 3.8) is 0 Å². The van der Waals surface area contributed by atoms with Crippen LogP contribution in [0.4, 0.5) is 23.4 Å². The van der Waals surface area contributed by atoms with Gasteiger partial charge in [0.2, 0.25) is 0 Å². The molecule has 0 aliphatic carbocycles. The third-order valence-corrected chi connectivity index (χ3v) is 5.93. The summed E-state index contributed by atoms with van der Waals surface area (Å²) >= 11 is 0. The Bertz CT molecular complexity index is 1150. The minimum Gasteiger partial charge on any atom is -0.349 e. The number of aromatic nitrogens is 4. The van der Waals surface area contributed by atoms with Gasteiger partial charge in [-0.2, -0.15) is 21.6 Å². The van der Waals surface area contributed by atoms with E-state index in [0.717, 1.165) is 12.6 Å². The summed E-state index contributed by atoms with van der Waals surface area (Å²) in [6.45, 7) is 0.528. The zero-order valence-electron chi connectivity index (χ0n) is 14.1. The SMILES string of the molecule is O=S(=O)(n1cnc2ccc(N3CCCC3c3cncc(F)c3)nc21)C(F)(F)F. The molecule has 1 aliphatic rings. The van der Waals surface area contributed by atoms with Crippen LogP contribution in [0.25, 0.3) is 11.2 Å². The van der Waals surface area contributed by atoms with Crippen molar-refractivity contribution in [2.24, 2.45) is 0 Å². The highest BCUT2D eigenvalue weighted by Gasteiger charge is 2.48. The monoisotopic (exact) mass is 415 g/mol. The zero-order chi connectivity index (χ0) is 20.1. The summed E-state index contributed by atoms with van der Waals surface area (Å²) in [7, 11) is -5.66. The van der Waals surface area contributed by atoms with Crippen molar-refractivity contribution >= 4 is 27.0 Å². The van der Waals surface area contributed by atoms with Crippen molar-refractivity contribution in [2.45, 2.75) is 24.4 Å². The van der Waals surface area contributed by atoms with Crippen LogP contribution in [0.15, 0.2) is 36.9 Å². The first-order chi connectivity index (χ1) is 13.2. The first kappa shape index (κ1) is 18.6. The predicted octanol–water partition coefficient (Wildman–Crippen LogP) is 3.00. The van der Waals surface area contributed by atoms with Crippen LogP contribution >= 0.6 is 0 Å².